The summed E-state index contributed by atoms with van der Waals surface area (Å²) in [5.74, 6) is 0. The molecule has 0 atom stereocenters. The van der Waals surface area contributed by atoms with E-state index >= 15 is 0 Å². The average molecular weight is 226 g/mol. The molecule has 2 aromatic heterocycles. The maximum Gasteiger partial charge on any atom is 0.385 e. The fraction of sp³-hybridized carbons (Fsp3) is 0.333. The fourth-order valence-corrected chi connectivity index (χ4v) is 2.81. The van der Waals surface area contributed by atoms with Crippen molar-refractivity contribution < 1.29 is 4.57 Å². The van der Waals surface area contributed by atoms with E-state index in [1.54, 1.807) is 22.7 Å². The van der Waals surface area contributed by atoms with Gasteiger partial charge >= 0.3 is 9.93 Å². The van der Waals surface area contributed by atoms with E-state index in [9.17, 15) is 0 Å². The van der Waals surface area contributed by atoms with Crippen LogP contribution >= 0.6 is 22.7 Å². The first kappa shape index (κ1) is 9.61. The van der Waals surface area contributed by atoms with Crippen LogP contribution in [0.2, 0.25) is 0 Å². The number of nitrogens with zero attached hydrogens (tertiary/aromatic N) is 3. The average Bonchev–Trinajstić information content (AvgIpc) is 2.62. The van der Waals surface area contributed by atoms with Gasteiger partial charge in [-0.15, -0.1) is 0 Å². The molecule has 0 radical (unpaired) electrons. The van der Waals surface area contributed by atoms with Crippen LogP contribution in [0.3, 0.4) is 0 Å². The molecule has 0 aromatic carbocycles. The van der Waals surface area contributed by atoms with Gasteiger partial charge in [-0.2, -0.15) is 0 Å². The number of thiazole rings is 2. The van der Waals surface area contributed by atoms with Crippen LogP contribution in [0.4, 0.5) is 5.13 Å². The molecule has 3 nitrogen and oxygen atoms in total. The summed E-state index contributed by atoms with van der Waals surface area (Å²) < 4.78 is 4.08. The minimum Gasteiger partial charge on any atom is -0.306 e. The van der Waals surface area contributed by atoms with Crippen molar-refractivity contribution in [3.8, 4) is 0 Å². The third-order valence-electron chi connectivity index (χ3n) is 1.88. The maximum absolute atomic E-state index is 4.58. The van der Waals surface area contributed by atoms with Crippen molar-refractivity contribution in [3.05, 3.63) is 27.5 Å². The summed E-state index contributed by atoms with van der Waals surface area (Å²) in [6, 6.07) is 0. The summed E-state index contributed by atoms with van der Waals surface area (Å²) in [6.45, 7) is 2.10. The lowest BCUT2D eigenvalue weighted by Gasteiger charge is -1.83. The van der Waals surface area contributed by atoms with Crippen molar-refractivity contribution in [2.24, 2.45) is 19.1 Å². The molecule has 0 N–H and O–H groups in total. The quantitative estimate of drug-likeness (QED) is 0.657. The van der Waals surface area contributed by atoms with Crippen LogP contribution in [0.15, 0.2) is 22.8 Å². The summed E-state index contributed by atoms with van der Waals surface area (Å²) in [7, 11) is 4.03. The van der Waals surface area contributed by atoms with Crippen LogP contribution in [-0.4, -0.2) is 4.57 Å². The Morgan fingerprint density at radius 3 is 2.79 bits per heavy atom. The first-order chi connectivity index (χ1) is 6.66. The lowest BCUT2D eigenvalue weighted by atomic mass is 10.6. The first-order valence-electron chi connectivity index (χ1n) is 4.28. The van der Waals surface area contributed by atoms with E-state index in [-0.39, 0.29) is 0 Å². The standard InChI is InChI=1S/C9H12N3S2/c1-7-6-12(3)9(14-7)10-8-11(2)4-5-13-8/h4-6H,1-3H3/q+1. The maximum atomic E-state index is 4.58. The molecule has 14 heavy (non-hydrogen) atoms. The van der Waals surface area contributed by atoms with Gasteiger partial charge in [0.15, 0.2) is 0 Å². The summed E-state index contributed by atoms with van der Waals surface area (Å²) in [6.07, 6.45) is 4.11. The second-order valence-corrected chi connectivity index (χ2v) is 5.23. The highest BCUT2D eigenvalue weighted by atomic mass is 32.1. The normalized spacial score (nSPS) is 12.4. The van der Waals surface area contributed by atoms with Gasteiger partial charge < -0.3 is 4.57 Å². The largest absolute Gasteiger partial charge is 0.385 e. The molecule has 0 bridgehead atoms. The predicted octanol–water partition coefficient (Wildman–Crippen LogP) is 1.51. The molecule has 2 aromatic rings. The van der Waals surface area contributed by atoms with E-state index in [1.165, 1.54) is 4.88 Å². The zero-order chi connectivity index (χ0) is 10.1. The van der Waals surface area contributed by atoms with Crippen molar-refractivity contribution in [1.29, 1.82) is 0 Å². The fourth-order valence-electron chi connectivity index (χ4n) is 1.19. The molecular formula is C9H12N3S2+. The predicted molar refractivity (Wildman–Crippen MR) is 58.7 cm³/mol. The molecule has 2 heterocycles. The van der Waals surface area contributed by atoms with E-state index in [0.717, 1.165) is 9.93 Å². The van der Waals surface area contributed by atoms with Crippen LogP contribution in [0.25, 0.3) is 0 Å². The number of rotatable bonds is 1. The molecule has 0 spiro atoms. The van der Waals surface area contributed by atoms with Crippen molar-refractivity contribution >= 4 is 27.8 Å². The zero-order valence-corrected chi connectivity index (χ0v) is 10.0. The third-order valence-corrected chi connectivity index (χ3v) is 3.72. The van der Waals surface area contributed by atoms with Gasteiger partial charge in [-0.1, -0.05) is 11.3 Å². The van der Waals surface area contributed by atoms with Crippen LogP contribution in [0, 0.1) is 6.92 Å². The molecule has 0 aliphatic heterocycles. The Bertz CT molecular complexity index is 504. The number of aromatic nitrogens is 2. The summed E-state index contributed by atoms with van der Waals surface area (Å²) in [4.78, 5) is 6.90. The van der Waals surface area contributed by atoms with Crippen molar-refractivity contribution in [3.63, 3.8) is 0 Å². The van der Waals surface area contributed by atoms with Gasteiger partial charge in [0.25, 0.3) is 0 Å². The molecule has 0 saturated carbocycles. The monoisotopic (exact) mass is 226 g/mol. The molecule has 5 heteroatoms. The number of hydrogen-bond acceptors (Lipinski definition) is 3. The third kappa shape index (κ3) is 1.78. The van der Waals surface area contributed by atoms with Crippen LogP contribution in [0.5, 0.6) is 0 Å². The topological polar surface area (TPSA) is 21.2 Å². The van der Waals surface area contributed by atoms with Gasteiger partial charge in [0, 0.05) is 28.5 Å². The molecule has 0 fully saturated rings. The summed E-state index contributed by atoms with van der Waals surface area (Å²) in [5.41, 5.74) is 0. The minimum absolute atomic E-state index is 1.03. The van der Waals surface area contributed by atoms with E-state index in [0.29, 0.717) is 0 Å². The van der Waals surface area contributed by atoms with Gasteiger partial charge in [0.2, 0.25) is 0 Å². The van der Waals surface area contributed by atoms with Gasteiger partial charge in [0.05, 0.1) is 7.05 Å². The first-order valence-corrected chi connectivity index (χ1v) is 5.97. The van der Waals surface area contributed by atoms with E-state index in [2.05, 4.69) is 22.7 Å². The molecule has 0 unspecified atom stereocenters. The van der Waals surface area contributed by atoms with Gasteiger partial charge in [0.1, 0.15) is 6.20 Å². The van der Waals surface area contributed by atoms with Crippen LogP contribution < -0.4 is 9.37 Å². The molecule has 0 saturated heterocycles. The lowest BCUT2D eigenvalue weighted by Crippen LogP contribution is -2.25. The highest BCUT2D eigenvalue weighted by molar-refractivity contribution is 7.14. The Kier molecular flexibility index (Phi) is 2.52. The Balaban J connectivity index is 2.53. The second-order valence-electron chi connectivity index (χ2n) is 3.14. The highest BCUT2D eigenvalue weighted by Gasteiger charge is 2.10. The molecule has 2 rings (SSSR count). The smallest absolute Gasteiger partial charge is 0.306 e. The summed E-state index contributed by atoms with van der Waals surface area (Å²) in [5, 5.41) is 3.08. The van der Waals surface area contributed by atoms with Crippen LogP contribution in [-0.2, 0) is 14.1 Å². The molecule has 0 amide bonds. The Hall–Kier alpha value is -0.940. The molecule has 0 aliphatic rings. The lowest BCUT2D eigenvalue weighted by molar-refractivity contribution is -0.654. The van der Waals surface area contributed by atoms with Crippen LogP contribution in [0.1, 0.15) is 4.88 Å². The van der Waals surface area contributed by atoms with Gasteiger partial charge in [-0.05, 0) is 18.3 Å². The van der Waals surface area contributed by atoms with Gasteiger partial charge in [-0.25, -0.2) is 4.57 Å². The minimum atomic E-state index is 1.03. The Morgan fingerprint density at radius 1 is 1.50 bits per heavy atom. The molecular weight excluding hydrogens is 214 g/mol. The van der Waals surface area contributed by atoms with E-state index in [4.69, 9.17) is 0 Å². The number of aryl methyl sites for hydroxylation is 3. The second kappa shape index (κ2) is 3.67. The SMILES string of the molecule is Cc1c[n+](C)c(N=c2sccn2C)s1. The van der Waals surface area contributed by atoms with Crippen molar-refractivity contribution in [2.75, 3.05) is 0 Å². The zero-order valence-electron chi connectivity index (χ0n) is 8.39. The molecule has 74 valence electrons. The summed E-state index contributed by atoms with van der Waals surface area (Å²) >= 11 is 3.36. The van der Waals surface area contributed by atoms with E-state index < -0.39 is 0 Å². The van der Waals surface area contributed by atoms with E-state index in [1.807, 2.05) is 30.2 Å². The Morgan fingerprint density at radius 2 is 2.29 bits per heavy atom. The van der Waals surface area contributed by atoms with Gasteiger partial charge in [-0.3, -0.25) is 0 Å². The Labute approximate surface area is 90.6 Å². The number of hydrogen-bond donors (Lipinski definition) is 0. The molecule has 0 aliphatic carbocycles. The van der Waals surface area contributed by atoms with Crippen molar-refractivity contribution in [1.82, 2.24) is 4.57 Å². The van der Waals surface area contributed by atoms with Crippen molar-refractivity contribution in [2.45, 2.75) is 6.92 Å². The highest BCUT2D eigenvalue weighted by Crippen LogP contribution is 2.16.